The Labute approximate surface area is 116 Å². The second kappa shape index (κ2) is 4.63. The molecular formula is C16H16FN3. The number of benzene rings is 2. The zero-order valence-electron chi connectivity index (χ0n) is 11.5. The summed E-state index contributed by atoms with van der Waals surface area (Å²) in [7, 11) is 0. The van der Waals surface area contributed by atoms with Crippen LogP contribution in [0.1, 0.15) is 12.5 Å². The van der Waals surface area contributed by atoms with Crippen molar-refractivity contribution in [3.8, 4) is 11.4 Å². The molecular weight excluding hydrogens is 253 g/mol. The molecule has 0 spiro atoms. The number of aromatic nitrogens is 2. The predicted molar refractivity (Wildman–Crippen MR) is 80.0 cm³/mol. The Hall–Kier alpha value is -2.36. The number of nitrogen functional groups attached to an aromatic ring is 1. The third kappa shape index (κ3) is 1.93. The minimum atomic E-state index is -0.254. The minimum Gasteiger partial charge on any atom is -0.398 e. The molecule has 0 aliphatic carbocycles. The molecule has 3 rings (SSSR count). The molecule has 3 aromatic rings. The Morgan fingerprint density at radius 2 is 2.00 bits per heavy atom. The van der Waals surface area contributed by atoms with Gasteiger partial charge in [0.25, 0.3) is 0 Å². The van der Waals surface area contributed by atoms with Gasteiger partial charge in [0.15, 0.2) is 0 Å². The molecule has 0 amide bonds. The second-order valence-corrected chi connectivity index (χ2v) is 4.90. The van der Waals surface area contributed by atoms with E-state index in [2.05, 4.69) is 4.98 Å². The molecule has 3 nitrogen and oxygen atoms in total. The zero-order chi connectivity index (χ0) is 14.3. The Morgan fingerprint density at radius 3 is 2.75 bits per heavy atom. The third-order valence-electron chi connectivity index (χ3n) is 3.48. The fourth-order valence-electron chi connectivity index (χ4n) is 2.49. The summed E-state index contributed by atoms with van der Waals surface area (Å²) in [4.78, 5) is 4.61. The summed E-state index contributed by atoms with van der Waals surface area (Å²) < 4.78 is 15.4. The van der Waals surface area contributed by atoms with Gasteiger partial charge in [-0.15, -0.1) is 0 Å². The van der Waals surface area contributed by atoms with E-state index in [4.69, 9.17) is 5.73 Å². The van der Waals surface area contributed by atoms with Crippen LogP contribution in [-0.4, -0.2) is 9.55 Å². The monoisotopic (exact) mass is 269 g/mol. The lowest BCUT2D eigenvalue weighted by Crippen LogP contribution is -2.00. The van der Waals surface area contributed by atoms with E-state index in [1.165, 1.54) is 12.1 Å². The number of nitrogens with two attached hydrogens (primary N) is 1. The summed E-state index contributed by atoms with van der Waals surface area (Å²) in [6.45, 7) is 4.74. The van der Waals surface area contributed by atoms with Crippen molar-refractivity contribution in [3.05, 3.63) is 47.8 Å². The van der Waals surface area contributed by atoms with Crippen molar-refractivity contribution in [3.63, 3.8) is 0 Å². The molecule has 0 unspecified atom stereocenters. The first-order valence-corrected chi connectivity index (χ1v) is 6.62. The summed E-state index contributed by atoms with van der Waals surface area (Å²) in [6, 6.07) is 10.5. The van der Waals surface area contributed by atoms with Crippen molar-refractivity contribution in [2.24, 2.45) is 0 Å². The van der Waals surface area contributed by atoms with E-state index in [9.17, 15) is 4.39 Å². The van der Waals surface area contributed by atoms with E-state index in [0.717, 1.165) is 28.0 Å². The van der Waals surface area contributed by atoms with Gasteiger partial charge < -0.3 is 10.3 Å². The van der Waals surface area contributed by atoms with Crippen LogP contribution in [0.2, 0.25) is 0 Å². The molecule has 2 N–H and O–H groups in total. The number of halogens is 1. The number of anilines is 1. The van der Waals surface area contributed by atoms with Gasteiger partial charge in [-0.1, -0.05) is 11.6 Å². The SMILES string of the molecule is CCn1c(-c2cc(C)ccc2N)nc2ccc(F)cc21. The van der Waals surface area contributed by atoms with Crippen molar-refractivity contribution in [2.45, 2.75) is 20.4 Å². The van der Waals surface area contributed by atoms with Crippen molar-refractivity contribution < 1.29 is 4.39 Å². The fraction of sp³-hybridized carbons (Fsp3) is 0.188. The van der Waals surface area contributed by atoms with Crippen molar-refractivity contribution in [1.82, 2.24) is 9.55 Å². The van der Waals surface area contributed by atoms with E-state index < -0.39 is 0 Å². The average molecular weight is 269 g/mol. The van der Waals surface area contributed by atoms with Gasteiger partial charge in [-0.05, 0) is 44.2 Å². The first-order chi connectivity index (χ1) is 9.60. The van der Waals surface area contributed by atoms with Crippen molar-refractivity contribution >= 4 is 16.7 Å². The van der Waals surface area contributed by atoms with Crippen LogP contribution < -0.4 is 5.73 Å². The van der Waals surface area contributed by atoms with Crippen LogP contribution in [-0.2, 0) is 6.54 Å². The maximum atomic E-state index is 13.4. The molecule has 0 aliphatic rings. The molecule has 0 saturated heterocycles. The average Bonchev–Trinajstić information content (AvgIpc) is 2.79. The van der Waals surface area contributed by atoms with Gasteiger partial charge in [0.1, 0.15) is 11.6 Å². The van der Waals surface area contributed by atoms with Gasteiger partial charge in [0.05, 0.1) is 11.0 Å². The summed E-state index contributed by atoms with van der Waals surface area (Å²) >= 11 is 0. The van der Waals surface area contributed by atoms with E-state index >= 15 is 0 Å². The fourth-order valence-corrected chi connectivity index (χ4v) is 2.49. The molecule has 0 aliphatic heterocycles. The highest BCUT2D eigenvalue weighted by atomic mass is 19.1. The van der Waals surface area contributed by atoms with Crippen LogP contribution in [0.3, 0.4) is 0 Å². The molecule has 0 bridgehead atoms. The molecule has 0 atom stereocenters. The van der Waals surface area contributed by atoms with Crippen molar-refractivity contribution in [1.29, 1.82) is 0 Å². The largest absolute Gasteiger partial charge is 0.398 e. The summed E-state index contributed by atoms with van der Waals surface area (Å²) in [5.41, 5.74) is 10.3. The quantitative estimate of drug-likeness (QED) is 0.720. The Morgan fingerprint density at radius 1 is 1.20 bits per heavy atom. The van der Waals surface area contributed by atoms with E-state index in [1.807, 2.05) is 36.6 Å². The van der Waals surface area contributed by atoms with Gasteiger partial charge in [-0.2, -0.15) is 0 Å². The van der Waals surface area contributed by atoms with Gasteiger partial charge in [-0.3, -0.25) is 0 Å². The van der Waals surface area contributed by atoms with Gasteiger partial charge in [0.2, 0.25) is 0 Å². The third-order valence-corrected chi connectivity index (χ3v) is 3.48. The van der Waals surface area contributed by atoms with E-state index in [-0.39, 0.29) is 5.82 Å². The molecule has 20 heavy (non-hydrogen) atoms. The Kier molecular flexibility index (Phi) is 2.93. The molecule has 4 heteroatoms. The van der Waals surface area contributed by atoms with Crippen LogP contribution in [0, 0.1) is 12.7 Å². The van der Waals surface area contributed by atoms with Crippen molar-refractivity contribution in [2.75, 3.05) is 5.73 Å². The molecule has 2 aromatic carbocycles. The minimum absolute atomic E-state index is 0.254. The topological polar surface area (TPSA) is 43.8 Å². The second-order valence-electron chi connectivity index (χ2n) is 4.90. The maximum Gasteiger partial charge on any atom is 0.143 e. The highest BCUT2D eigenvalue weighted by Gasteiger charge is 2.14. The normalized spacial score (nSPS) is 11.2. The summed E-state index contributed by atoms with van der Waals surface area (Å²) in [5.74, 6) is 0.533. The first-order valence-electron chi connectivity index (χ1n) is 6.62. The maximum absolute atomic E-state index is 13.4. The van der Waals surface area contributed by atoms with Gasteiger partial charge in [0, 0.05) is 17.8 Å². The number of hydrogen-bond acceptors (Lipinski definition) is 2. The Balaban J connectivity index is 2.33. The highest BCUT2D eigenvalue weighted by Crippen LogP contribution is 2.30. The number of hydrogen-bond donors (Lipinski definition) is 1. The molecule has 1 heterocycles. The van der Waals surface area contributed by atoms with Crippen LogP contribution >= 0.6 is 0 Å². The number of aryl methyl sites for hydroxylation is 2. The van der Waals surface area contributed by atoms with Crippen LogP contribution in [0.15, 0.2) is 36.4 Å². The summed E-state index contributed by atoms with van der Waals surface area (Å²) in [5, 5.41) is 0. The number of nitrogens with zero attached hydrogens (tertiary/aromatic N) is 2. The molecule has 102 valence electrons. The lowest BCUT2D eigenvalue weighted by atomic mass is 10.1. The Bertz CT molecular complexity index is 790. The number of fused-ring (bicyclic) bond motifs is 1. The summed E-state index contributed by atoms with van der Waals surface area (Å²) in [6.07, 6.45) is 0. The molecule has 0 saturated carbocycles. The van der Waals surface area contributed by atoms with Crippen LogP contribution in [0.4, 0.5) is 10.1 Å². The number of rotatable bonds is 2. The standard InChI is InChI=1S/C16H16FN3/c1-3-20-15-9-11(17)5-7-14(15)19-16(20)12-8-10(2)4-6-13(12)18/h4-9H,3,18H2,1-2H3. The lowest BCUT2D eigenvalue weighted by Gasteiger charge is -2.09. The zero-order valence-corrected chi connectivity index (χ0v) is 11.5. The lowest BCUT2D eigenvalue weighted by molar-refractivity contribution is 0.628. The first kappa shape index (κ1) is 12.7. The van der Waals surface area contributed by atoms with Gasteiger partial charge >= 0.3 is 0 Å². The van der Waals surface area contributed by atoms with E-state index in [0.29, 0.717) is 12.2 Å². The molecule has 0 radical (unpaired) electrons. The molecule has 1 aromatic heterocycles. The molecule has 0 fully saturated rings. The van der Waals surface area contributed by atoms with Crippen LogP contribution in [0.25, 0.3) is 22.4 Å². The predicted octanol–water partition coefficient (Wildman–Crippen LogP) is 3.75. The van der Waals surface area contributed by atoms with Gasteiger partial charge in [-0.25, -0.2) is 9.37 Å². The highest BCUT2D eigenvalue weighted by molar-refractivity contribution is 5.83. The van der Waals surface area contributed by atoms with E-state index in [1.54, 1.807) is 6.07 Å². The number of imidazole rings is 1. The van der Waals surface area contributed by atoms with Crippen LogP contribution in [0.5, 0.6) is 0 Å². The smallest absolute Gasteiger partial charge is 0.143 e.